The fourth-order valence-corrected chi connectivity index (χ4v) is 2.29. The van der Waals surface area contributed by atoms with Gasteiger partial charge >= 0.3 is 11.7 Å². The molecule has 2 aromatic rings. The number of hydrogen-bond acceptors (Lipinski definition) is 4. The molecule has 0 radical (unpaired) electrons. The van der Waals surface area contributed by atoms with E-state index in [-0.39, 0.29) is 11.8 Å². The van der Waals surface area contributed by atoms with Crippen LogP contribution in [-0.2, 0) is 11.3 Å². The molecule has 0 aliphatic heterocycles. The van der Waals surface area contributed by atoms with E-state index in [1.165, 1.54) is 0 Å². The molecule has 0 bridgehead atoms. The molecule has 1 fully saturated rings. The second kappa shape index (κ2) is 4.55. The lowest BCUT2D eigenvalue weighted by atomic mass is 10.2. The summed E-state index contributed by atoms with van der Waals surface area (Å²) in [6.45, 7) is 1.35. The molecule has 1 heterocycles. The van der Waals surface area contributed by atoms with Crippen molar-refractivity contribution in [2.75, 3.05) is 6.54 Å². The number of carboxylic acid groups (broad SMARTS) is 1. The fraction of sp³-hybridized carbons (Fsp3) is 0.385. The fourth-order valence-electron chi connectivity index (χ4n) is 2.29. The van der Waals surface area contributed by atoms with Crippen molar-refractivity contribution in [1.29, 1.82) is 0 Å². The minimum Gasteiger partial charge on any atom is -0.481 e. The molecule has 19 heavy (non-hydrogen) atoms. The third-order valence-corrected chi connectivity index (χ3v) is 3.46. The van der Waals surface area contributed by atoms with Crippen LogP contribution in [0.15, 0.2) is 27.4 Å². The molecule has 0 amide bonds. The molecule has 1 aromatic carbocycles. The molecule has 6 nitrogen and oxygen atoms in total. The van der Waals surface area contributed by atoms with Crippen LogP contribution in [0.25, 0.3) is 11.1 Å². The number of aromatic nitrogens is 1. The first kappa shape index (κ1) is 12.0. The van der Waals surface area contributed by atoms with E-state index < -0.39 is 11.7 Å². The molecule has 100 valence electrons. The van der Waals surface area contributed by atoms with Gasteiger partial charge < -0.3 is 14.8 Å². The number of nitrogens with one attached hydrogen (secondary N) is 2. The summed E-state index contributed by atoms with van der Waals surface area (Å²) in [7, 11) is 0. The third kappa shape index (κ3) is 2.53. The van der Waals surface area contributed by atoms with Crippen LogP contribution in [0.1, 0.15) is 12.0 Å². The van der Waals surface area contributed by atoms with Crippen LogP contribution in [0.3, 0.4) is 0 Å². The Bertz CT molecular complexity index is 673. The molecule has 1 aliphatic rings. The zero-order valence-electron chi connectivity index (χ0n) is 10.2. The van der Waals surface area contributed by atoms with Gasteiger partial charge in [0.2, 0.25) is 0 Å². The monoisotopic (exact) mass is 262 g/mol. The van der Waals surface area contributed by atoms with Crippen LogP contribution in [-0.4, -0.2) is 22.6 Å². The zero-order chi connectivity index (χ0) is 13.4. The first-order chi connectivity index (χ1) is 9.13. The van der Waals surface area contributed by atoms with Crippen molar-refractivity contribution in [3.8, 4) is 0 Å². The highest BCUT2D eigenvalue weighted by atomic mass is 16.4. The van der Waals surface area contributed by atoms with Crippen LogP contribution < -0.4 is 11.1 Å². The van der Waals surface area contributed by atoms with Gasteiger partial charge in [0.15, 0.2) is 5.58 Å². The number of benzene rings is 1. The Morgan fingerprint density at radius 2 is 2.37 bits per heavy atom. The van der Waals surface area contributed by atoms with Gasteiger partial charge in [-0.3, -0.25) is 9.78 Å². The number of hydrogen-bond donors (Lipinski definition) is 3. The van der Waals surface area contributed by atoms with E-state index in [4.69, 9.17) is 9.52 Å². The summed E-state index contributed by atoms with van der Waals surface area (Å²) in [5.41, 5.74) is 2.25. The van der Waals surface area contributed by atoms with Crippen molar-refractivity contribution in [3.05, 3.63) is 34.3 Å². The van der Waals surface area contributed by atoms with E-state index >= 15 is 0 Å². The van der Waals surface area contributed by atoms with Gasteiger partial charge in [0, 0.05) is 6.54 Å². The average molecular weight is 262 g/mol. The first-order valence-electron chi connectivity index (χ1n) is 6.19. The van der Waals surface area contributed by atoms with Crippen molar-refractivity contribution in [1.82, 2.24) is 10.3 Å². The number of fused-ring (bicyclic) bond motifs is 1. The highest BCUT2D eigenvalue weighted by Gasteiger charge is 2.42. The van der Waals surface area contributed by atoms with Crippen molar-refractivity contribution < 1.29 is 14.3 Å². The Balaban J connectivity index is 1.57. The van der Waals surface area contributed by atoms with Gasteiger partial charge in [-0.15, -0.1) is 0 Å². The van der Waals surface area contributed by atoms with E-state index in [0.717, 1.165) is 12.0 Å². The maximum atomic E-state index is 11.0. The van der Waals surface area contributed by atoms with Gasteiger partial charge in [0.05, 0.1) is 11.4 Å². The Kier molecular flexibility index (Phi) is 2.87. The molecule has 1 aromatic heterocycles. The van der Waals surface area contributed by atoms with E-state index in [1.54, 1.807) is 6.07 Å². The standard InChI is InChI=1S/C13H14N2O4/c16-12(17)9-4-8(9)6-14-5-7-1-2-11-10(3-7)15-13(18)19-11/h1-3,8-9,14H,4-6H2,(H,15,18)(H,16,17). The maximum absolute atomic E-state index is 11.0. The molecule has 2 atom stereocenters. The van der Waals surface area contributed by atoms with Gasteiger partial charge in [0.1, 0.15) is 0 Å². The van der Waals surface area contributed by atoms with E-state index in [9.17, 15) is 9.59 Å². The number of rotatable bonds is 5. The molecular formula is C13H14N2O4. The second-order valence-corrected chi connectivity index (χ2v) is 4.92. The molecule has 3 N–H and O–H groups in total. The van der Waals surface area contributed by atoms with E-state index in [1.807, 2.05) is 12.1 Å². The van der Waals surface area contributed by atoms with Gasteiger partial charge in [0.25, 0.3) is 0 Å². The smallest absolute Gasteiger partial charge is 0.417 e. The summed E-state index contributed by atoms with van der Waals surface area (Å²) in [6.07, 6.45) is 0.760. The number of aliphatic carboxylic acids is 1. The lowest BCUT2D eigenvalue weighted by Crippen LogP contribution is -2.18. The van der Waals surface area contributed by atoms with Crippen molar-refractivity contribution >= 4 is 17.1 Å². The topological polar surface area (TPSA) is 95.3 Å². The number of carbonyl (C=O) groups is 1. The van der Waals surface area contributed by atoms with Gasteiger partial charge in [-0.05, 0) is 36.6 Å². The number of aromatic amines is 1. The number of carboxylic acids is 1. The number of oxazole rings is 1. The molecule has 1 saturated carbocycles. The Morgan fingerprint density at radius 1 is 1.53 bits per heavy atom. The summed E-state index contributed by atoms with van der Waals surface area (Å²) < 4.78 is 4.92. The molecular weight excluding hydrogens is 248 g/mol. The normalized spacial score (nSPS) is 21.7. The molecule has 6 heteroatoms. The largest absolute Gasteiger partial charge is 0.481 e. The average Bonchev–Trinajstić information content (AvgIpc) is 3.03. The molecule has 0 saturated heterocycles. The summed E-state index contributed by atoms with van der Waals surface area (Å²) in [6, 6.07) is 5.49. The third-order valence-electron chi connectivity index (χ3n) is 3.46. The predicted octanol–water partition coefficient (Wildman–Crippen LogP) is 0.931. The Labute approximate surface area is 108 Å². The van der Waals surface area contributed by atoms with Crippen LogP contribution in [0.2, 0.25) is 0 Å². The zero-order valence-corrected chi connectivity index (χ0v) is 10.2. The van der Waals surface area contributed by atoms with Crippen molar-refractivity contribution in [2.45, 2.75) is 13.0 Å². The molecule has 0 spiro atoms. The van der Waals surface area contributed by atoms with Crippen molar-refractivity contribution in [3.63, 3.8) is 0 Å². The Morgan fingerprint density at radius 3 is 3.11 bits per heavy atom. The molecule has 2 unspecified atom stereocenters. The summed E-state index contributed by atoms with van der Waals surface area (Å²) >= 11 is 0. The number of H-pyrrole nitrogens is 1. The molecule has 1 aliphatic carbocycles. The van der Waals surface area contributed by atoms with Gasteiger partial charge in [-0.2, -0.15) is 0 Å². The lowest BCUT2D eigenvalue weighted by Gasteiger charge is -2.03. The van der Waals surface area contributed by atoms with Crippen LogP contribution >= 0.6 is 0 Å². The van der Waals surface area contributed by atoms with Crippen LogP contribution in [0, 0.1) is 11.8 Å². The predicted molar refractivity (Wildman–Crippen MR) is 67.8 cm³/mol. The first-order valence-corrected chi connectivity index (χ1v) is 6.19. The summed E-state index contributed by atoms with van der Waals surface area (Å²) in [5, 5.41) is 12.0. The van der Waals surface area contributed by atoms with Crippen LogP contribution in [0.5, 0.6) is 0 Å². The SMILES string of the molecule is O=C(O)C1CC1CNCc1ccc2oc(=O)[nH]c2c1. The highest BCUT2D eigenvalue weighted by molar-refractivity contribution is 5.73. The van der Waals surface area contributed by atoms with E-state index in [2.05, 4.69) is 10.3 Å². The minimum absolute atomic E-state index is 0.180. The van der Waals surface area contributed by atoms with Gasteiger partial charge in [-0.25, -0.2) is 4.79 Å². The highest BCUT2D eigenvalue weighted by Crippen LogP contribution is 2.37. The maximum Gasteiger partial charge on any atom is 0.417 e. The second-order valence-electron chi connectivity index (χ2n) is 4.92. The minimum atomic E-state index is -0.704. The molecule has 3 rings (SSSR count). The summed E-state index contributed by atoms with van der Waals surface area (Å²) in [5.74, 6) is -1.10. The van der Waals surface area contributed by atoms with Crippen molar-refractivity contribution in [2.24, 2.45) is 11.8 Å². The quantitative estimate of drug-likeness (QED) is 0.745. The van der Waals surface area contributed by atoms with E-state index in [0.29, 0.717) is 24.2 Å². The Hall–Kier alpha value is -2.08. The summed E-state index contributed by atoms with van der Waals surface area (Å²) in [4.78, 5) is 24.3. The van der Waals surface area contributed by atoms with Gasteiger partial charge in [-0.1, -0.05) is 6.07 Å². The lowest BCUT2D eigenvalue weighted by molar-refractivity contribution is -0.138. The van der Waals surface area contributed by atoms with Crippen LogP contribution in [0.4, 0.5) is 0 Å².